The van der Waals surface area contributed by atoms with Crippen LogP contribution in [-0.2, 0) is 19.6 Å². The van der Waals surface area contributed by atoms with Crippen molar-refractivity contribution in [2.75, 3.05) is 34.0 Å². The number of ether oxygens (including phenoxy) is 3. The van der Waals surface area contributed by atoms with E-state index in [9.17, 15) is 18.3 Å². The van der Waals surface area contributed by atoms with Gasteiger partial charge in [0.1, 0.15) is 17.5 Å². The predicted molar refractivity (Wildman–Crippen MR) is 75.7 cm³/mol. The number of morpholine rings is 1. The van der Waals surface area contributed by atoms with Gasteiger partial charge in [0.25, 0.3) is 0 Å². The molecule has 8 nitrogen and oxygen atoms in total. The molecule has 1 atom stereocenters. The number of rotatable bonds is 5. The van der Waals surface area contributed by atoms with E-state index in [1.54, 1.807) is 0 Å². The highest BCUT2D eigenvalue weighted by molar-refractivity contribution is 7.89. The molecule has 1 aromatic rings. The molecule has 2 rings (SSSR count). The SMILES string of the molecule is COc1cc(OC)cc(S(=O)(=O)N2CCOCC2C(=O)O)c1. The van der Waals surface area contributed by atoms with Gasteiger partial charge in [0, 0.05) is 24.7 Å². The third-order valence-corrected chi connectivity index (χ3v) is 5.18. The minimum absolute atomic E-state index is 0.0289. The zero-order valence-electron chi connectivity index (χ0n) is 12.2. The highest BCUT2D eigenvalue weighted by Crippen LogP contribution is 2.29. The second kappa shape index (κ2) is 6.51. The van der Waals surface area contributed by atoms with Crippen LogP contribution in [0.2, 0.25) is 0 Å². The van der Waals surface area contributed by atoms with Crippen LogP contribution in [-0.4, -0.2) is 63.8 Å². The molecule has 1 N–H and O–H groups in total. The van der Waals surface area contributed by atoms with Crippen LogP contribution in [0.15, 0.2) is 23.1 Å². The standard InChI is InChI=1S/C13H17NO7S/c1-19-9-5-10(20-2)7-11(6-9)22(17,18)14-3-4-21-8-12(14)13(15)16/h5-7,12H,3-4,8H2,1-2H3,(H,15,16). The maximum absolute atomic E-state index is 12.7. The Hall–Kier alpha value is -1.84. The number of carbonyl (C=O) groups is 1. The third kappa shape index (κ3) is 3.16. The van der Waals surface area contributed by atoms with Crippen molar-refractivity contribution in [1.82, 2.24) is 4.31 Å². The molecule has 0 radical (unpaired) electrons. The quantitative estimate of drug-likeness (QED) is 0.821. The van der Waals surface area contributed by atoms with Gasteiger partial charge < -0.3 is 19.3 Å². The third-order valence-electron chi connectivity index (χ3n) is 3.30. The summed E-state index contributed by atoms with van der Waals surface area (Å²) in [5.41, 5.74) is 0. The summed E-state index contributed by atoms with van der Waals surface area (Å²) in [4.78, 5) is 11.2. The number of nitrogens with zero attached hydrogens (tertiary/aromatic N) is 1. The first-order valence-electron chi connectivity index (χ1n) is 6.45. The van der Waals surface area contributed by atoms with E-state index in [1.165, 1.54) is 32.4 Å². The van der Waals surface area contributed by atoms with Crippen LogP contribution in [0.3, 0.4) is 0 Å². The van der Waals surface area contributed by atoms with Crippen molar-refractivity contribution in [3.05, 3.63) is 18.2 Å². The van der Waals surface area contributed by atoms with Crippen LogP contribution in [0.1, 0.15) is 0 Å². The fourth-order valence-corrected chi connectivity index (χ4v) is 3.74. The number of carboxylic acid groups (broad SMARTS) is 1. The van der Waals surface area contributed by atoms with Crippen LogP contribution < -0.4 is 9.47 Å². The van der Waals surface area contributed by atoms with E-state index in [-0.39, 0.29) is 24.7 Å². The topological polar surface area (TPSA) is 102 Å². The van der Waals surface area contributed by atoms with E-state index < -0.39 is 22.0 Å². The number of methoxy groups -OCH3 is 2. The monoisotopic (exact) mass is 331 g/mol. The average molecular weight is 331 g/mol. The Balaban J connectivity index is 2.46. The zero-order valence-corrected chi connectivity index (χ0v) is 13.0. The molecule has 1 unspecified atom stereocenters. The van der Waals surface area contributed by atoms with Crippen molar-refractivity contribution in [3.63, 3.8) is 0 Å². The van der Waals surface area contributed by atoms with E-state index in [4.69, 9.17) is 14.2 Å². The summed E-state index contributed by atoms with van der Waals surface area (Å²) in [7, 11) is -1.20. The number of aliphatic carboxylic acids is 1. The molecule has 1 saturated heterocycles. The van der Waals surface area contributed by atoms with Crippen molar-refractivity contribution < 1.29 is 32.5 Å². The minimum atomic E-state index is -4.01. The number of sulfonamides is 1. The van der Waals surface area contributed by atoms with Gasteiger partial charge in [-0.3, -0.25) is 4.79 Å². The lowest BCUT2D eigenvalue weighted by Crippen LogP contribution is -2.52. The summed E-state index contributed by atoms with van der Waals surface area (Å²) in [6.45, 7) is -0.0708. The van der Waals surface area contributed by atoms with E-state index in [0.717, 1.165) is 4.31 Å². The normalized spacial score (nSPS) is 19.6. The summed E-state index contributed by atoms with van der Waals surface area (Å²) in [5.74, 6) is -0.644. The maximum atomic E-state index is 12.7. The molecular weight excluding hydrogens is 314 g/mol. The fourth-order valence-electron chi connectivity index (χ4n) is 2.14. The molecule has 122 valence electrons. The molecule has 1 aliphatic heterocycles. The number of hydrogen-bond donors (Lipinski definition) is 1. The fraction of sp³-hybridized carbons (Fsp3) is 0.462. The van der Waals surface area contributed by atoms with Gasteiger partial charge in [0.15, 0.2) is 0 Å². The lowest BCUT2D eigenvalue weighted by Gasteiger charge is -2.31. The molecule has 0 bridgehead atoms. The van der Waals surface area contributed by atoms with Crippen LogP contribution in [0.4, 0.5) is 0 Å². The zero-order chi connectivity index (χ0) is 16.3. The summed E-state index contributed by atoms with van der Waals surface area (Å²) in [5, 5.41) is 9.18. The minimum Gasteiger partial charge on any atom is -0.497 e. The molecule has 0 aliphatic carbocycles. The molecule has 0 spiro atoms. The molecule has 1 heterocycles. The molecule has 1 aliphatic rings. The first-order chi connectivity index (χ1) is 10.4. The second-order valence-electron chi connectivity index (χ2n) is 4.59. The Bertz CT molecular complexity index is 636. The summed E-state index contributed by atoms with van der Waals surface area (Å²) in [6.07, 6.45) is 0. The Labute approximate surface area is 128 Å². The summed E-state index contributed by atoms with van der Waals surface area (Å²) in [6, 6.07) is 2.93. The van der Waals surface area contributed by atoms with Crippen LogP contribution in [0, 0.1) is 0 Å². The Morgan fingerprint density at radius 3 is 2.36 bits per heavy atom. The highest BCUT2D eigenvalue weighted by Gasteiger charge is 2.38. The molecule has 1 fully saturated rings. The van der Waals surface area contributed by atoms with Gasteiger partial charge >= 0.3 is 5.97 Å². The second-order valence-corrected chi connectivity index (χ2v) is 6.48. The van der Waals surface area contributed by atoms with Crippen molar-refractivity contribution in [1.29, 1.82) is 0 Å². The Kier molecular flexibility index (Phi) is 4.89. The largest absolute Gasteiger partial charge is 0.497 e. The molecule has 22 heavy (non-hydrogen) atoms. The molecule has 0 amide bonds. The van der Waals surface area contributed by atoms with Crippen LogP contribution in [0.25, 0.3) is 0 Å². The Morgan fingerprint density at radius 2 is 1.86 bits per heavy atom. The smallest absolute Gasteiger partial charge is 0.324 e. The van der Waals surface area contributed by atoms with E-state index >= 15 is 0 Å². The van der Waals surface area contributed by atoms with E-state index in [0.29, 0.717) is 11.5 Å². The first-order valence-corrected chi connectivity index (χ1v) is 7.89. The van der Waals surface area contributed by atoms with Gasteiger partial charge in [-0.25, -0.2) is 8.42 Å². The molecule has 1 aromatic carbocycles. The molecule has 9 heteroatoms. The maximum Gasteiger partial charge on any atom is 0.324 e. The molecular formula is C13H17NO7S. The Morgan fingerprint density at radius 1 is 1.27 bits per heavy atom. The highest BCUT2D eigenvalue weighted by atomic mass is 32.2. The van der Waals surface area contributed by atoms with Gasteiger partial charge in [-0.15, -0.1) is 0 Å². The van der Waals surface area contributed by atoms with Crippen LogP contribution in [0.5, 0.6) is 11.5 Å². The van der Waals surface area contributed by atoms with Crippen molar-refractivity contribution >= 4 is 16.0 Å². The average Bonchev–Trinajstić information content (AvgIpc) is 2.54. The summed E-state index contributed by atoms with van der Waals surface area (Å²) >= 11 is 0. The first kappa shape index (κ1) is 16.5. The number of hydrogen-bond acceptors (Lipinski definition) is 6. The number of carboxylic acids is 1. The molecule has 0 aromatic heterocycles. The van der Waals surface area contributed by atoms with E-state index in [1.807, 2.05) is 0 Å². The lowest BCUT2D eigenvalue weighted by atomic mass is 10.3. The number of benzene rings is 1. The lowest BCUT2D eigenvalue weighted by molar-refractivity contribution is -0.146. The predicted octanol–water partition coefficient (Wildman–Crippen LogP) is 0.178. The summed E-state index contributed by atoms with van der Waals surface area (Å²) < 4.78 is 41.6. The van der Waals surface area contributed by atoms with Gasteiger partial charge in [0.2, 0.25) is 10.0 Å². The van der Waals surface area contributed by atoms with Gasteiger partial charge in [-0.05, 0) is 0 Å². The molecule has 0 saturated carbocycles. The van der Waals surface area contributed by atoms with Gasteiger partial charge in [0.05, 0.1) is 32.3 Å². The van der Waals surface area contributed by atoms with Crippen LogP contribution >= 0.6 is 0 Å². The van der Waals surface area contributed by atoms with Gasteiger partial charge in [-0.1, -0.05) is 0 Å². The van der Waals surface area contributed by atoms with Crippen molar-refractivity contribution in [2.45, 2.75) is 10.9 Å². The van der Waals surface area contributed by atoms with Crippen molar-refractivity contribution in [3.8, 4) is 11.5 Å². The van der Waals surface area contributed by atoms with Gasteiger partial charge in [-0.2, -0.15) is 4.31 Å². The van der Waals surface area contributed by atoms with E-state index in [2.05, 4.69) is 0 Å². The van der Waals surface area contributed by atoms with Crippen molar-refractivity contribution in [2.24, 2.45) is 0 Å².